The standard InChI is InChI=1S/C21H17F2NO3.C21H15F2NO3/c2*1-27-21(26)12-4-2-7-16-18(12)19-17(25)9-8-11(20(19)24-16)10-13-14(22)5-3-6-15(13)23/h2-7,11,24H,8-10H2,1H3;2-9,24-25H,10H2,1H3. The molecule has 1 atom stereocenters. The van der Waals surface area contributed by atoms with Crippen LogP contribution in [0.1, 0.15) is 72.2 Å². The highest BCUT2D eigenvalue weighted by molar-refractivity contribution is 6.19. The summed E-state index contributed by atoms with van der Waals surface area (Å²) in [4.78, 5) is 43.3. The van der Waals surface area contributed by atoms with Crippen LogP contribution in [0.3, 0.4) is 0 Å². The lowest BCUT2D eigenvalue weighted by atomic mass is 9.81. The number of nitrogens with one attached hydrogen (secondary N) is 2. The molecule has 7 aromatic rings. The molecule has 274 valence electrons. The maximum absolute atomic E-state index is 14.1. The number of benzene rings is 5. The fourth-order valence-corrected chi connectivity index (χ4v) is 7.31. The third-order valence-corrected chi connectivity index (χ3v) is 9.86. The summed E-state index contributed by atoms with van der Waals surface area (Å²) in [5, 5.41) is 11.9. The normalized spacial score (nSPS) is 13.8. The van der Waals surface area contributed by atoms with Gasteiger partial charge in [-0.15, -0.1) is 0 Å². The first kappa shape index (κ1) is 36.0. The SMILES string of the molecule is COC(=O)c1cccc2[nH]c3c(Cc4c(F)cccc4F)ccc(O)c3c12.COC(=O)c1cccc2[nH]c3c(c12)C(=O)CCC3Cc1c(F)cccc1F. The van der Waals surface area contributed by atoms with E-state index in [0.29, 0.717) is 67.1 Å². The van der Waals surface area contributed by atoms with Crippen molar-refractivity contribution in [3.63, 3.8) is 0 Å². The predicted molar refractivity (Wildman–Crippen MR) is 194 cm³/mol. The first-order valence-corrected chi connectivity index (χ1v) is 17.0. The molecule has 2 aromatic heterocycles. The van der Waals surface area contributed by atoms with Crippen molar-refractivity contribution in [2.45, 2.75) is 31.6 Å². The summed E-state index contributed by atoms with van der Waals surface area (Å²) < 4.78 is 66.0. The fourth-order valence-electron chi connectivity index (χ4n) is 7.31. The van der Waals surface area contributed by atoms with E-state index >= 15 is 0 Å². The first-order valence-electron chi connectivity index (χ1n) is 17.0. The van der Waals surface area contributed by atoms with Crippen LogP contribution < -0.4 is 0 Å². The van der Waals surface area contributed by atoms with E-state index in [4.69, 9.17) is 9.47 Å². The summed E-state index contributed by atoms with van der Waals surface area (Å²) in [7, 11) is 2.56. The highest BCUT2D eigenvalue weighted by atomic mass is 19.1. The van der Waals surface area contributed by atoms with E-state index < -0.39 is 35.2 Å². The molecule has 0 saturated heterocycles. The lowest BCUT2D eigenvalue weighted by molar-refractivity contribution is 0.0594. The number of aromatic amines is 2. The number of carbonyl (C=O) groups excluding carboxylic acids is 3. The maximum Gasteiger partial charge on any atom is 0.338 e. The number of rotatable bonds is 6. The number of phenols is 1. The van der Waals surface area contributed by atoms with E-state index in [9.17, 15) is 37.1 Å². The minimum absolute atomic E-state index is 0.00430. The molecule has 0 saturated carbocycles. The van der Waals surface area contributed by atoms with Gasteiger partial charge in [0, 0.05) is 62.9 Å². The molecule has 1 aliphatic carbocycles. The number of aromatic nitrogens is 2. The minimum Gasteiger partial charge on any atom is -0.507 e. The van der Waals surface area contributed by atoms with Gasteiger partial charge in [0.1, 0.15) is 29.0 Å². The van der Waals surface area contributed by atoms with Gasteiger partial charge in [-0.1, -0.05) is 30.3 Å². The molecule has 3 N–H and O–H groups in total. The molecule has 0 amide bonds. The number of phenolic OH excluding ortho intramolecular Hbond substituents is 1. The van der Waals surface area contributed by atoms with E-state index in [2.05, 4.69) is 9.97 Å². The zero-order chi connectivity index (χ0) is 38.3. The summed E-state index contributed by atoms with van der Waals surface area (Å²) in [6.45, 7) is 0. The van der Waals surface area contributed by atoms with Gasteiger partial charge >= 0.3 is 11.9 Å². The van der Waals surface area contributed by atoms with Crippen LogP contribution in [0.4, 0.5) is 17.6 Å². The van der Waals surface area contributed by atoms with Crippen molar-refractivity contribution >= 4 is 50.4 Å². The summed E-state index contributed by atoms with van der Waals surface area (Å²) in [5.41, 5.74) is 3.97. The Bertz CT molecular complexity index is 2590. The van der Waals surface area contributed by atoms with Crippen LogP contribution in [0, 0.1) is 23.3 Å². The Labute approximate surface area is 305 Å². The molecule has 8 nitrogen and oxygen atoms in total. The second-order valence-corrected chi connectivity index (χ2v) is 12.9. The Balaban J connectivity index is 0.000000167. The molecule has 0 spiro atoms. The van der Waals surface area contributed by atoms with Gasteiger partial charge in [-0.05, 0) is 73.0 Å². The Morgan fingerprint density at radius 1 is 0.704 bits per heavy atom. The van der Waals surface area contributed by atoms with Gasteiger partial charge in [-0.25, -0.2) is 27.2 Å². The number of carbonyl (C=O) groups is 3. The van der Waals surface area contributed by atoms with Crippen molar-refractivity contribution in [2.24, 2.45) is 0 Å². The van der Waals surface area contributed by atoms with Crippen molar-refractivity contribution in [3.05, 3.63) is 147 Å². The monoisotopic (exact) mass is 736 g/mol. The average Bonchev–Trinajstić information content (AvgIpc) is 3.77. The van der Waals surface area contributed by atoms with Gasteiger partial charge in [-0.2, -0.15) is 0 Å². The van der Waals surface area contributed by atoms with E-state index in [1.165, 1.54) is 56.7 Å². The average molecular weight is 737 g/mol. The molecule has 2 heterocycles. The molecule has 0 bridgehead atoms. The summed E-state index contributed by atoms with van der Waals surface area (Å²) in [6, 6.07) is 20.7. The first-order chi connectivity index (χ1) is 26.0. The van der Waals surface area contributed by atoms with Gasteiger partial charge in [0.25, 0.3) is 0 Å². The summed E-state index contributed by atoms with van der Waals surface area (Å²) in [6.07, 6.45) is 0.880. The van der Waals surface area contributed by atoms with E-state index in [0.717, 1.165) is 0 Å². The number of ether oxygens (including phenoxy) is 2. The lowest BCUT2D eigenvalue weighted by Crippen LogP contribution is -2.18. The zero-order valence-corrected chi connectivity index (χ0v) is 29.0. The Hall–Kier alpha value is -6.43. The number of aromatic hydroxyl groups is 1. The van der Waals surface area contributed by atoms with Crippen LogP contribution in [0.2, 0.25) is 0 Å². The predicted octanol–water partition coefficient (Wildman–Crippen LogP) is 9.22. The number of hydrogen-bond donors (Lipinski definition) is 3. The second kappa shape index (κ2) is 14.5. The van der Waals surface area contributed by atoms with Crippen LogP contribution in [-0.4, -0.2) is 47.0 Å². The van der Waals surface area contributed by atoms with Gasteiger partial charge in [-0.3, -0.25) is 4.79 Å². The van der Waals surface area contributed by atoms with Gasteiger partial charge in [0.15, 0.2) is 5.78 Å². The topological polar surface area (TPSA) is 121 Å². The zero-order valence-electron chi connectivity index (χ0n) is 29.0. The summed E-state index contributed by atoms with van der Waals surface area (Å²) in [5.74, 6) is -3.90. The molecular formula is C42H32F4N2O6. The number of halogens is 4. The van der Waals surface area contributed by atoms with E-state index in [1.54, 1.807) is 42.5 Å². The van der Waals surface area contributed by atoms with E-state index in [1.807, 2.05) is 0 Å². The number of ketones is 1. The number of esters is 2. The van der Waals surface area contributed by atoms with Crippen LogP contribution in [0.15, 0.2) is 84.9 Å². The van der Waals surface area contributed by atoms with Crippen molar-refractivity contribution in [1.29, 1.82) is 0 Å². The second-order valence-electron chi connectivity index (χ2n) is 12.9. The third-order valence-electron chi connectivity index (χ3n) is 9.86. The van der Waals surface area contributed by atoms with Crippen LogP contribution in [-0.2, 0) is 22.3 Å². The van der Waals surface area contributed by atoms with Crippen molar-refractivity contribution in [3.8, 4) is 5.75 Å². The summed E-state index contributed by atoms with van der Waals surface area (Å²) >= 11 is 0. The highest BCUT2D eigenvalue weighted by Crippen LogP contribution is 2.40. The molecule has 8 rings (SSSR count). The Kier molecular flexibility index (Phi) is 9.68. The molecule has 54 heavy (non-hydrogen) atoms. The number of hydrogen-bond acceptors (Lipinski definition) is 6. The number of H-pyrrole nitrogens is 2. The van der Waals surface area contributed by atoms with Crippen molar-refractivity contribution < 1.29 is 46.5 Å². The van der Waals surface area contributed by atoms with Crippen LogP contribution in [0.25, 0.3) is 32.7 Å². The molecule has 1 unspecified atom stereocenters. The van der Waals surface area contributed by atoms with Gasteiger partial charge < -0.3 is 24.5 Å². The molecule has 12 heteroatoms. The number of fused-ring (bicyclic) bond motifs is 6. The highest BCUT2D eigenvalue weighted by Gasteiger charge is 2.33. The third kappa shape index (κ3) is 6.33. The largest absolute Gasteiger partial charge is 0.507 e. The molecule has 1 aliphatic rings. The molecular weight excluding hydrogens is 704 g/mol. The molecule has 0 aliphatic heterocycles. The Morgan fingerprint density at radius 2 is 1.24 bits per heavy atom. The lowest BCUT2D eigenvalue weighted by Gasteiger charge is -2.22. The van der Waals surface area contributed by atoms with Crippen LogP contribution >= 0.6 is 0 Å². The molecule has 5 aromatic carbocycles. The van der Waals surface area contributed by atoms with Gasteiger partial charge in [0.05, 0.1) is 36.2 Å². The molecule has 0 fully saturated rings. The maximum atomic E-state index is 14.1. The Morgan fingerprint density at radius 3 is 1.83 bits per heavy atom. The van der Waals surface area contributed by atoms with Crippen molar-refractivity contribution in [1.82, 2.24) is 9.97 Å². The molecule has 0 radical (unpaired) electrons. The van der Waals surface area contributed by atoms with Crippen LogP contribution in [0.5, 0.6) is 5.75 Å². The number of methoxy groups -OCH3 is 2. The number of Topliss-reactive ketones (excluding diaryl/α,β-unsaturated/α-hetero) is 1. The van der Waals surface area contributed by atoms with E-state index in [-0.39, 0.29) is 47.8 Å². The van der Waals surface area contributed by atoms with Crippen molar-refractivity contribution in [2.75, 3.05) is 14.2 Å². The quantitative estimate of drug-likeness (QED) is 0.116. The smallest absolute Gasteiger partial charge is 0.338 e. The van der Waals surface area contributed by atoms with Gasteiger partial charge in [0.2, 0.25) is 0 Å². The fraction of sp³-hybridized carbons (Fsp3) is 0.167. The minimum atomic E-state index is -0.636.